The van der Waals surface area contributed by atoms with Crippen molar-refractivity contribution < 1.29 is 9.84 Å². The van der Waals surface area contributed by atoms with Gasteiger partial charge in [-0.2, -0.15) is 0 Å². The molecule has 2 aromatic carbocycles. The Morgan fingerprint density at radius 1 is 1.11 bits per heavy atom. The SMILES string of the molecule is Cc1ccc(COc2ccc(Br)cc2CO)cc1. The zero-order valence-electron chi connectivity index (χ0n) is 10.2. The topological polar surface area (TPSA) is 29.5 Å². The summed E-state index contributed by atoms with van der Waals surface area (Å²) in [5.74, 6) is 0.723. The van der Waals surface area contributed by atoms with Gasteiger partial charge in [0.05, 0.1) is 6.61 Å². The van der Waals surface area contributed by atoms with Crippen LogP contribution in [0.2, 0.25) is 0 Å². The molecule has 0 aliphatic carbocycles. The Bertz CT molecular complexity index is 521. The third kappa shape index (κ3) is 3.34. The van der Waals surface area contributed by atoms with Gasteiger partial charge in [-0.3, -0.25) is 0 Å². The van der Waals surface area contributed by atoms with Gasteiger partial charge in [-0.05, 0) is 30.7 Å². The number of aryl methyl sites for hydroxylation is 1. The highest BCUT2D eigenvalue weighted by molar-refractivity contribution is 9.10. The Labute approximate surface area is 115 Å². The Balaban J connectivity index is 2.08. The van der Waals surface area contributed by atoms with E-state index >= 15 is 0 Å². The second kappa shape index (κ2) is 6.03. The minimum Gasteiger partial charge on any atom is -0.489 e. The van der Waals surface area contributed by atoms with Gasteiger partial charge < -0.3 is 9.84 Å². The molecule has 2 nitrogen and oxygen atoms in total. The average molecular weight is 307 g/mol. The van der Waals surface area contributed by atoms with Crippen molar-refractivity contribution in [2.45, 2.75) is 20.1 Å². The minimum atomic E-state index is -0.0251. The maximum atomic E-state index is 9.28. The van der Waals surface area contributed by atoms with Crippen LogP contribution in [0.25, 0.3) is 0 Å². The number of aliphatic hydroxyl groups is 1. The predicted molar refractivity (Wildman–Crippen MR) is 75.6 cm³/mol. The molecule has 1 N–H and O–H groups in total. The van der Waals surface area contributed by atoms with E-state index in [1.807, 2.05) is 30.3 Å². The Hall–Kier alpha value is -1.32. The molecule has 94 valence electrons. The summed E-state index contributed by atoms with van der Waals surface area (Å²) in [5, 5.41) is 9.28. The molecule has 0 fully saturated rings. The van der Waals surface area contributed by atoms with Crippen LogP contribution in [0.4, 0.5) is 0 Å². The van der Waals surface area contributed by atoms with Crippen LogP contribution in [-0.2, 0) is 13.2 Å². The summed E-state index contributed by atoms with van der Waals surface area (Å²) in [6.07, 6.45) is 0. The molecule has 0 atom stereocenters. The molecule has 0 spiro atoms. The largest absolute Gasteiger partial charge is 0.489 e. The smallest absolute Gasteiger partial charge is 0.125 e. The third-order valence-corrected chi connectivity index (χ3v) is 3.20. The molecule has 0 saturated carbocycles. The number of aliphatic hydroxyl groups excluding tert-OH is 1. The van der Waals surface area contributed by atoms with E-state index in [1.54, 1.807) is 0 Å². The molecular formula is C15H15BrO2. The van der Waals surface area contributed by atoms with Crippen molar-refractivity contribution in [2.75, 3.05) is 0 Å². The van der Waals surface area contributed by atoms with Crippen molar-refractivity contribution in [3.8, 4) is 5.75 Å². The lowest BCUT2D eigenvalue weighted by Gasteiger charge is -2.10. The first-order valence-electron chi connectivity index (χ1n) is 5.76. The van der Waals surface area contributed by atoms with Crippen LogP contribution in [0.3, 0.4) is 0 Å². The van der Waals surface area contributed by atoms with E-state index in [0.717, 1.165) is 21.3 Å². The zero-order chi connectivity index (χ0) is 13.0. The predicted octanol–water partition coefficient (Wildman–Crippen LogP) is 3.83. The Kier molecular flexibility index (Phi) is 4.39. The van der Waals surface area contributed by atoms with Gasteiger partial charge in [-0.1, -0.05) is 45.8 Å². The van der Waals surface area contributed by atoms with E-state index in [1.165, 1.54) is 5.56 Å². The molecule has 0 aliphatic rings. The molecule has 0 bridgehead atoms. The van der Waals surface area contributed by atoms with Crippen molar-refractivity contribution in [1.82, 2.24) is 0 Å². The molecule has 0 saturated heterocycles. The number of rotatable bonds is 4. The molecule has 0 radical (unpaired) electrons. The lowest BCUT2D eigenvalue weighted by molar-refractivity contribution is 0.259. The first kappa shape index (κ1) is 13.1. The van der Waals surface area contributed by atoms with Crippen molar-refractivity contribution in [1.29, 1.82) is 0 Å². The van der Waals surface area contributed by atoms with E-state index in [-0.39, 0.29) is 6.61 Å². The van der Waals surface area contributed by atoms with E-state index in [0.29, 0.717) is 6.61 Å². The van der Waals surface area contributed by atoms with Gasteiger partial charge in [0.25, 0.3) is 0 Å². The fourth-order valence-corrected chi connectivity index (χ4v) is 2.07. The van der Waals surface area contributed by atoms with Crippen LogP contribution in [0.15, 0.2) is 46.9 Å². The van der Waals surface area contributed by atoms with Gasteiger partial charge in [0.15, 0.2) is 0 Å². The summed E-state index contributed by atoms with van der Waals surface area (Å²) in [6, 6.07) is 13.9. The molecule has 18 heavy (non-hydrogen) atoms. The fourth-order valence-electron chi connectivity index (χ4n) is 1.66. The number of ether oxygens (including phenoxy) is 1. The maximum absolute atomic E-state index is 9.28. The standard InChI is InChI=1S/C15H15BrO2/c1-11-2-4-12(5-3-11)10-18-15-7-6-14(16)8-13(15)9-17/h2-8,17H,9-10H2,1H3. The highest BCUT2D eigenvalue weighted by Crippen LogP contribution is 2.24. The summed E-state index contributed by atoms with van der Waals surface area (Å²) >= 11 is 3.37. The molecule has 0 unspecified atom stereocenters. The van der Waals surface area contributed by atoms with Crippen LogP contribution in [0, 0.1) is 6.92 Å². The van der Waals surface area contributed by atoms with Crippen molar-refractivity contribution >= 4 is 15.9 Å². The van der Waals surface area contributed by atoms with Gasteiger partial charge >= 0.3 is 0 Å². The van der Waals surface area contributed by atoms with Crippen molar-refractivity contribution in [3.05, 3.63) is 63.6 Å². The molecule has 2 aromatic rings. The monoisotopic (exact) mass is 306 g/mol. The van der Waals surface area contributed by atoms with Gasteiger partial charge in [0.1, 0.15) is 12.4 Å². The van der Waals surface area contributed by atoms with Crippen LogP contribution < -0.4 is 4.74 Å². The zero-order valence-corrected chi connectivity index (χ0v) is 11.8. The highest BCUT2D eigenvalue weighted by atomic mass is 79.9. The highest BCUT2D eigenvalue weighted by Gasteiger charge is 2.04. The number of halogens is 1. The third-order valence-electron chi connectivity index (χ3n) is 2.71. The molecular weight excluding hydrogens is 292 g/mol. The fraction of sp³-hybridized carbons (Fsp3) is 0.200. The van der Waals surface area contributed by atoms with E-state index in [2.05, 4.69) is 35.0 Å². The summed E-state index contributed by atoms with van der Waals surface area (Å²) in [4.78, 5) is 0. The Morgan fingerprint density at radius 3 is 2.50 bits per heavy atom. The van der Waals surface area contributed by atoms with Gasteiger partial charge in [0.2, 0.25) is 0 Å². The van der Waals surface area contributed by atoms with Crippen LogP contribution in [0.5, 0.6) is 5.75 Å². The van der Waals surface area contributed by atoms with Crippen molar-refractivity contribution in [2.24, 2.45) is 0 Å². The molecule has 0 heterocycles. The van der Waals surface area contributed by atoms with Gasteiger partial charge in [-0.15, -0.1) is 0 Å². The molecule has 0 aliphatic heterocycles. The van der Waals surface area contributed by atoms with E-state index < -0.39 is 0 Å². The summed E-state index contributed by atoms with van der Waals surface area (Å²) in [7, 11) is 0. The van der Waals surface area contributed by atoms with E-state index in [9.17, 15) is 5.11 Å². The lowest BCUT2D eigenvalue weighted by Crippen LogP contribution is -1.98. The van der Waals surface area contributed by atoms with E-state index in [4.69, 9.17) is 4.74 Å². The second-order valence-corrected chi connectivity index (χ2v) is 5.10. The van der Waals surface area contributed by atoms with Crippen LogP contribution >= 0.6 is 15.9 Å². The molecule has 2 rings (SSSR count). The second-order valence-electron chi connectivity index (χ2n) is 4.18. The summed E-state index contributed by atoms with van der Waals surface area (Å²) in [5.41, 5.74) is 3.14. The quantitative estimate of drug-likeness (QED) is 0.930. The molecule has 3 heteroatoms. The minimum absolute atomic E-state index is 0.0251. The van der Waals surface area contributed by atoms with Crippen molar-refractivity contribution in [3.63, 3.8) is 0 Å². The number of hydrogen-bond donors (Lipinski definition) is 1. The molecule has 0 amide bonds. The average Bonchev–Trinajstić information content (AvgIpc) is 2.39. The summed E-state index contributed by atoms with van der Waals surface area (Å²) < 4.78 is 6.67. The van der Waals surface area contributed by atoms with Gasteiger partial charge in [0, 0.05) is 10.0 Å². The molecule has 0 aromatic heterocycles. The maximum Gasteiger partial charge on any atom is 0.125 e. The first-order chi connectivity index (χ1) is 8.69. The normalized spacial score (nSPS) is 10.4. The number of hydrogen-bond acceptors (Lipinski definition) is 2. The van der Waals surface area contributed by atoms with Gasteiger partial charge in [-0.25, -0.2) is 0 Å². The summed E-state index contributed by atoms with van der Waals surface area (Å²) in [6.45, 7) is 2.54. The number of benzene rings is 2. The van der Waals surface area contributed by atoms with Crippen LogP contribution in [-0.4, -0.2) is 5.11 Å². The van der Waals surface area contributed by atoms with Crippen LogP contribution in [0.1, 0.15) is 16.7 Å². The Morgan fingerprint density at radius 2 is 1.83 bits per heavy atom. The first-order valence-corrected chi connectivity index (χ1v) is 6.56. The lowest BCUT2D eigenvalue weighted by atomic mass is 10.1.